The van der Waals surface area contributed by atoms with Crippen molar-refractivity contribution in [3.8, 4) is 28.4 Å². The van der Waals surface area contributed by atoms with Crippen molar-refractivity contribution in [1.82, 2.24) is 0 Å². The molecule has 0 amide bonds. The van der Waals surface area contributed by atoms with Crippen molar-refractivity contribution in [2.45, 2.75) is 91.1 Å². The van der Waals surface area contributed by atoms with Crippen LogP contribution in [0.25, 0.3) is 11.1 Å². The summed E-state index contributed by atoms with van der Waals surface area (Å²) in [5.74, 6) is 1.81. The second-order valence-corrected chi connectivity index (χ2v) is 10.0. The zero-order valence-corrected chi connectivity index (χ0v) is 23.4. The number of hydrogen-bond acceptors (Lipinski definition) is 4. The summed E-state index contributed by atoms with van der Waals surface area (Å²) in [6.07, 6.45) is 12.3. The molecule has 0 N–H and O–H groups in total. The highest BCUT2D eigenvalue weighted by molar-refractivity contribution is 5.91. The molecule has 1 atom stereocenters. The number of benzene rings is 3. The number of carbonyl (C=O) groups is 1. The molecule has 0 aliphatic rings. The van der Waals surface area contributed by atoms with Crippen LogP contribution < -0.4 is 14.2 Å². The number of hydrogen-bond donors (Lipinski definition) is 0. The van der Waals surface area contributed by atoms with E-state index in [9.17, 15) is 4.79 Å². The van der Waals surface area contributed by atoms with E-state index in [1.54, 1.807) is 12.1 Å². The maximum atomic E-state index is 12.6. The Labute approximate surface area is 229 Å². The second kappa shape index (κ2) is 16.5. The van der Waals surface area contributed by atoms with E-state index >= 15 is 0 Å². The van der Waals surface area contributed by atoms with Crippen LogP contribution in [0.3, 0.4) is 0 Å². The summed E-state index contributed by atoms with van der Waals surface area (Å²) in [6.45, 7) is 7.30. The van der Waals surface area contributed by atoms with E-state index in [0.29, 0.717) is 11.3 Å². The number of ether oxygens (including phenoxy) is 3. The molecule has 0 bridgehead atoms. The Morgan fingerprint density at radius 3 is 1.76 bits per heavy atom. The second-order valence-electron chi connectivity index (χ2n) is 10.0. The van der Waals surface area contributed by atoms with Crippen LogP contribution in [0.4, 0.5) is 0 Å². The van der Waals surface area contributed by atoms with Crippen LogP contribution in [0.15, 0.2) is 72.8 Å². The Kier molecular flexibility index (Phi) is 12.8. The average molecular weight is 517 g/mol. The Hall–Kier alpha value is -3.27. The molecule has 0 saturated heterocycles. The van der Waals surface area contributed by atoms with Gasteiger partial charge in [-0.15, -0.1) is 0 Å². The van der Waals surface area contributed by atoms with Gasteiger partial charge in [0, 0.05) is 0 Å². The van der Waals surface area contributed by atoms with Gasteiger partial charge in [0.25, 0.3) is 0 Å². The third-order valence-electron chi connectivity index (χ3n) is 6.66. The predicted molar refractivity (Wildman–Crippen MR) is 156 cm³/mol. The molecular formula is C34H44O4. The van der Waals surface area contributed by atoms with Crippen LogP contribution in [0.5, 0.6) is 17.2 Å². The summed E-state index contributed by atoms with van der Waals surface area (Å²) in [7, 11) is 0. The average Bonchev–Trinajstić information content (AvgIpc) is 2.94. The van der Waals surface area contributed by atoms with Gasteiger partial charge in [0.15, 0.2) is 0 Å². The molecule has 3 rings (SSSR count). The molecule has 0 fully saturated rings. The van der Waals surface area contributed by atoms with Crippen molar-refractivity contribution < 1.29 is 19.0 Å². The summed E-state index contributed by atoms with van der Waals surface area (Å²) >= 11 is 0. The maximum Gasteiger partial charge on any atom is 0.343 e. The molecule has 38 heavy (non-hydrogen) atoms. The van der Waals surface area contributed by atoms with Crippen LogP contribution >= 0.6 is 0 Å². The Morgan fingerprint density at radius 2 is 1.16 bits per heavy atom. The Bertz CT molecular complexity index is 1060. The van der Waals surface area contributed by atoms with Crippen molar-refractivity contribution >= 4 is 5.97 Å². The molecule has 3 aromatic carbocycles. The Balaban J connectivity index is 1.45. The molecule has 0 unspecified atom stereocenters. The molecule has 0 aliphatic heterocycles. The van der Waals surface area contributed by atoms with Crippen molar-refractivity contribution in [2.24, 2.45) is 0 Å². The highest BCUT2D eigenvalue weighted by Crippen LogP contribution is 2.25. The van der Waals surface area contributed by atoms with Gasteiger partial charge in [0.05, 0.1) is 18.3 Å². The minimum Gasteiger partial charge on any atom is -0.494 e. The standard InChI is InChI=1S/C34H44O4/c1-4-6-8-10-12-26-36-31-20-14-28(15-21-31)29-16-22-33(23-17-29)38-34(35)30-18-24-32(25-19-30)37-27(3)13-11-9-7-5-2/h14-25,27H,4-13,26H2,1-3H3/t27-/m0/s1. The molecule has 3 aromatic rings. The van der Waals surface area contributed by atoms with Crippen molar-refractivity contribution in [3.05, 3.63) is 78.4 Å². The molecule has 0 aliphatic carbocycles. The fraction of sp³-hybridized carbons (Fsp3) is 0.441. The van der Waals surface area contributed by atoms with E-state index in [1.807, 2.05) is 48.5 Å². The highest BCUT2D eigenvalue weighted by atomic mass is 16.5. The van der Waals surface area contributed by atoms with Crippen LogP contribution in [0.1, 0.15) is 95.3 Å². The summed E-state index contributed by atoms with van der Waals surface area (Å²) in [4.78, 5) is 12.6. The third-order valence-corrected chi connectivity index (χ3v) is 6.66. The number of unbranched alkanes of at least 4 members (excludes halogenated alkanes) is 7. The van der Waals surface area contributed by atoms with Crippen molar-refractivity contribution in [3.63, 3.8) is 0 Å². The largest absolute Gasteiger partial charge is 0.494 e. The molecular weight excluding hydrogens is 472 g/mol. The first kappa shape index (κ1) is 29.3. The van der Waals surface area contributed by atoms with Gasteiger partial charge < -0.3 is 14.2 Å². The van der Waals surface area contributed by atoms with Crippen LogP contribution in [-0.4, -0.2) is 18.7 Å². The highest BCUT2D eigenvalue weighted by Gasteiger charge is 2.11. The van der Waals surface area contributed by atoms with Crippen LogP contribution in [0, 0.1) is 0 Å². The first-order valence-corrected chi connectivity index (χ1v) is 14.4. The molecule has 4 heteroatoms. The lowest BCUT2D eigenvalue weighted by molar-refractivity contribution is 0.0734. The van der Waals surface area contributed by atoms with Crippen LogP contribution in [-0.2, 0) is 0 Å². The van der Waals surface area contributed by atoms with Gasteiger partial charge in [-0.3, -0.25) is 0 Å². The lowest BCUT2D eigenvalue weighted by Gasteiger charge is -2.14. The molecule has 4 nitrogen and oxygen atoms in total. The number of carbonyl (C=O) groups excluding carboxylic acids is 1. The van der Waals surface area contributed by atoms with E-state index in [-0.39, 0.29) is 12.1 Å². The first-order chi connectivity index (χ1) is 18.6. The zero-order valence-electron chi connectivity index (χ0n) is 23.4. The molecule has 0 radical (unpaired) electrons. The summed E-state index contributed by atoms with van der Waals surface area (Å²) in [5.41, 5.74) is 2.65. The minimum atomic E-state index is -0.381. The summed E-state index contributed by atoms with van der Waals surface area (Å²) in [5, 5.41) is 0. The minimum absolute atomic E-state index is 0.159. The molecule has 0 aromatic heterocycles. The lowest BCUT2D eigenvalue weighted by atomic mass is 10.1. The molecule has 0 saturated carbocycles. The van der Waals surface area contributed by atoms with E-state index in [0.717, 1.165) is 42.1 Å². The van der Waals surface area contributed by atoms with E-state index < -0.39 is 0 Å². The van der Waals surface area contributed by atoms with Gasteiger partial charge in [-0.05, 0) is 85.8 Å². The van der Waals surface area contributed by atoms with Gasteiger partial charge in [0.1, 0.15) is 17.2 Å². The lowest BCUT2D eigenvalue weighted by Crippen LogP contribution is -2.12. The Morgan fingerprint density at radius 1 is 0.632 bits per heavy atom. The molecule has 0 spiro atoms. The summed E-state index contributed by atoms with van der Waals surface area (Å²) < 4.78 is 17.4. The van der Waals surface area contributed by atoms with E-state index in [2.05, 4.69) is 32.9 Å². The van der Waals surface area contributed by atoms with E-state index in [4.69, 9.17) is 14.2 Å². The number of esters is 1. The monoisotopic (exact) mass is 516 g/mol. The zero-order chi connectivity index (χ0) is 27.0. The van der Waals surface area contributed by atoms with Crippen LogP contribution in [0.2, 0.25) is 0 Å². The fourth-order valence-electron chi connectivity index (χ4n) is 4.34. The normalized spacial score (nSPS) is 11.7. The van der Waals surface area contributed by atoms with Crippen molar-refractivity contribution in [2.75, 3.05) is 6.61 Å². The SMILES string of the molecule is CCCCCCCOc1ccc(-c2ccc(OC(=O)c3ccc(O[C@@H](C)CCCCCC)cc3)cc2)cc1. The fourth-order valence-corrected chi connectivity index (χ4v) is 4.34. The van der Waals surface area contributed by atoms with Gasteiger partial charge in [0.2, 0.25) is 0 Å². The first-order valence-electron chi connectivity index (χ1n) is 14.4. The quantitative estimate of drug-likeness (QED) is 0.102. The van der Waals surface area contributed by atoms with Gasteiger partial charge in [-0.2, -0.15) is 0 Å². The molecule has 204 valence electrons. The smallest absolute Gasteiger partial charge is 0.343 e. The van der Waals surface area contributed by atoms with Gasteiger partial charge in [-0.1, -0.05) is 83.1 Å². The summed E-state index contributed by atoms with van der Waals surface area (Å²) in [6, 6.07) is 22.9. The van der Waals surface area contributed by atoms with E-state index in [1.165, 1.54) is 51.4 Å². The van der Waals surface area contributed by atoms with Gasteiger partial charge >= 0.3 is 5.97 Å². The predicted octanol–water partition coefficient (Wildman–Crippen LogP) is 9.66. The topological polar surface area (TPSA) is 44.8 Å². The maximum absolute atomic E-state index is 12.6. The van der Waals surface area contributed by atoms with Crippen molar-refractivity contribution in [1.29, 1.82) is 0 Å². The third kappa shape index (κ3) is 10.2. The number of rotatable bonds is 17. The van der Waals surface area contributed by atoms with Gasteiger partial charge in [-0.25, -0.2) is 4.79 Å². The molecule has 0 heterocycles.